The number of benzene rings is 1. The van der Waals surface area contributed by atoms with Gasteiger partial charge in [0, 0.05) is 13.5 Å². The van der Waals surface area contributed by atoms with Crippen LogP contribution in [0.15, 0.2) is 30.3 Å². The topological polar surface area (TPSA) is 35.5 Å². The molecule has 0 unspecified atom stereocenters. The molecule has 1 rings (SSSR count). The quantitative estimate of drug-likeness (QED) is 0.462. The average Bonchev–Trinajstić information content (AvgIpc) is 2.48. The number of carbonyl (C=O) groups is 1. The molecule has 0 fully saturated rings. The molecule has 6 heteroatoms. The van der Waals surface area contributed by atoms with Crippen LogP contribution < -0.4 is 0 Å². The Bertz CT molecular complexity index is 446. The number of unbranched alkanes of at least 4 members (excludes halogenated alkanes) is 3. The predicted molar refractivity (Wildman–Crippen MR) is 80.8 cm³/mol. The van der Waals surface area contributed by atoms with Crippen molar-refractivity contribution in [3.8, 4) is 0 Å². The highest BCUT2D eigenvalue weighted by Crippen LogP contribution is 2.27. The minimum Gasteiger partial charge on any atom is -0.453 e. The predicted octanol–water partition coefficient (Wildman–Crippen LogP) is 4.65. The molecule has 0 aliphatic rings. The lowest BCUT2D eigenvalue weighted by Crippen LogP contribution is -2.33. The van der Waals surface area contributed by atoms with E-state index in [2.05, 4.69) is 4.74 Å². The molecule has 23 heavy (non-hydrogen) atoms. The van der Waals surface area contributed by atoms with E-state index >= 15 is 0 Å². The Kier molecular flexibility index (Phi) is 8.69. The zero-order valence-electron chi connectivity index (χ0n) is 13.3. The third kappa shape index (κ3) is 9.23. The molecule has 0 saturated heterocycles. The number of rotatable bonds is 10. The van der Waals surface area contributed by atoms with E-state index in [1.54, 1.807) is 0 Å². The normalized spacial score (nSPS) is 12.9. The second kappa shape index (κ2) is 10.3. The second-order valence-electron chi connectivity index (χ2n) is 5.38. The standard InChI is InChI=1S/C17H23F3O3/c1-14(21)23-16(17(18,19)20)11-7-2-3-8-12-22-13-15-9-5-4-6-10-15/h4-6,9-10,16H,2-3,7-8,11-13H2,1H3/t16-/m1/s1. The molecule has 1 atom stereocenters. The zero-order valence-corrected chi connectivity index (χ0v) is 13.3. The van der Waals surface area contributed by atoms with Gasteiger partial charge in [-0.1, -0.05) is 43.2 Å². The largest absolute Gasteiger partial charge is 0.453 e. The lowest BCUT2D eigenvalue weighted by molar-refractivity contribution is -0.221. The first-order chi connectivity index (χ1) is 10.9. The van der Waals surface area contributed by atoms with Crippen LogP contribution in [0, 0.1) is 0 Å². The van der Waals surface area contributed by atoms with Crippen molar-refractivity contribution >= 4 is 5.97 Å². The molecule has 0 N–H and O–H groups in total. The summed E-state index contributed by atoms with van der Waals surface area (Å²) < 4.78 is 47.7. The summed E-state index contributed by atoms with van der Waals surface area (Å²) in [5.41, 5.74) is 1.10. The van der Waals surface area contributed by atoms with Gasteiger partial charge in [-0.3, -0.25) is 4.79 Å². The van der Waals surface area contributed by atoms with Crippen LogP contribution >= 0.6 is 0 Å². The number of ether oxygens (including phenoxy) is 2. The highest BCUT2D eigenvalue weighted by Gasteiger charge is 2.41. The van der Waals surface area contributed by atoms with E-state index in [0.717, 1.165) is 25.3 Å². The number of halogens is 3. The van der Waals surface area contributed by atoms with E-state index in [0.29, 0.717) is 26.1 Å². The number of hydrogen-bond acceptors (Lipinski definition) is 3. The van der Waals surface area contributed by atoms with E-state index in [1.165, 1.54) is 0 Å². The van der Waals surface area contributed by atoms with Gasteiger partial charge in [-0.2, -0.15) is 13.2 Å². The number of alkyl halides is 3. The summed E-state index contributed by atoms with van der Waals surface area (Å²) in [5.74, 6) is -0.901. The van der Waals surface area contributed by atoms with E-state index in [4.69, 9.17) is 4.74 Å². The van der Waals surface area contributed by atoms with E-state index in [-0.39, 0.29) is 6.42 Å². The molecular formula is C17H23F3O3. The van der Waals surface area contributed by atoms with Crippen molar-refractivity contribution in [2.24, 2.45) is 0 Å². The minimum atomic E-state index is -4.50. The van der Waals surface area contributed by atoms with Crippen LogP contribution in [0.5, 0.6) is 0 Å². The molecule has 0 spiro atoms. The van der Waals surface area contributed by atoms with Gasteiger partial charge in [-0.25, -0.2) is 0 Å². The molecule has 0 radical (unpaired) electrons. The van der Waals surface area contributed by atoms with Gasteiger partial charge in [0.15, 0.2) is 6.10 Å². The summed E-state index contributed by atoms with van der Waals surface area (Å²) in [5, 5.41) is 0. The first-order valence-electron chi connectivity index (χ1n) is 7.75. The summed E-state index contributed by atoms with van der Waals surface area (Å²) >= 11 is 0. The third-order valence-electron chi connectivity index (χ3n) is 3.29. The first kappa shape index (κ1) is 19.5. The van der Waals surface area contributed by atoms with Crippen molar-refractivity contribution in [2.45, 2.75) is 57.9 Å². The summed E-state index contributed by atoms with van der Waals surface area (Å²) in [6.07, 6.45) is -4.05. The SMILES string of the molecule is CC(=O)O[C@H](CCCCCCOCc1ccccc1)C(F)(F)F. The van der Waals surface area contributed by atoms with Gasteiger partial charge in [-0.15, -0.1) is 0 Å². The van der Waals surface area contributed by atoms with Crippen molar-refractivity contribution < 1.29 is 27.4 Å². The van der Waals surface area contributed by atoms with Crippen LogP contribution in [0.1, 0.15) is 44.6 Å². The van der Waals surface area contributed by atoms with Crippen LogP contribution in [-0.2, 0) is 20.9 Å². The summed E-state index contributed by atoms with van der Waals surface area (Å²) in [4.78, 5) is 10.7. The van der Waals surface area contributed by atoms with Crippen LogP contribution in [0.25, 0.3) is 0 Å². The Morgan fingerprint density at radius 1 is 1.09 bits per heavy atom. The van der Waals surface area contributed by atoms with Crippen molar-refractivity contribution in [3.63, 3.8) is 0 Å². The molecule has 0 saturated carbocycles. The van der Waals surface area contributed by atoms with Gasteiger partial charge in [0.2, 0.25) is 0 Å². The summed E-state index contributed by atoms with van der Waals surface area (Å²) in [6, 6.07) is 9.78. The van der Waals surface area contributed by atoms with Gasteiger partial charge in [0.1, 0.15) is 0 Å². The van der Waals surface area contributed by atoms with E-state index in [1.807, 2.05) is 30.3 Å². The molecule has 0 bridgehead atoms. The average molecular weight is 332 g/mol. The van der Waals surface area contributed by atoms with Gasteiger partial charge < -0.3 is 9.47 Å². The van der Waals surface area contributed by atoms with Crippen molar-refractivity contribution in [1.82, 2.24) is 0 Å². The second-order valence-corrected chi connectivity index (χ2v) is 5.38. The molecule has 1 aromatic rings. The Morgan fingerprint density at radius 3 is 2.35 bits per heavy atom. The van der Waals surface area contributed by atoms with Gasteiger partial charge in [0.05, 0.1) is 6.61 Å². The van der Waals surface area contributed by atoms with Crippen molar-refractivity contribution in [1.29, 1.82) is 0 Å². The maximum absolute atomic E-state index is 12.6. The Morgan fingerprint density at radius 2 is 1.74 bits per heavy atom. The van der Waals surface area contributed by atoms with Crippen LogP contribution in [0.2, 0.25) is 0 Å². The fourth-order valence-corrected chi connectivity index (χ4v) is 2.14. The monoisotopic (exact) mass is 332 g/mol. The molecule has 0 amide bonds. The van der Waals surface area contributed by atoms with Gasteiger partial charge in [0.25, 0.3) is 0 Å². The van der Waals surface area contributed by atoms with Crippen molar-refractivity contribution in [3.05, 3.63) is 35.9 Å². The lowest BCUT2D eigenvalue weighted by Gasteiger charge is -2.19. The van der Waals surface area contributed by atoms with Gasteiger partial charge >= 0.3 is 12.1 Å². The zero-order chi connectivity index (χ0) is 17.1. The van der Waals surface area contributed by atoms with E-state index < -0.39 is 18.2 Å². The number of carbonyl (C=O) groups excluding carboxylic acids is 1. The maximum atomic E-state index is 12.6. The highest BCUT2D eigenvalue weighted by molar-refractivity contribution is 5.66. The van der Waals surface area contributed by atoms with Crippen LogP contribution in [-0.4, -0.2) is 24.9 Å². The highest BCUT2D eigenvalue weighted by atomic mass is 19.4. The molecule has 1 aromatic carbocycles. The third-order valence-corrected chi connectivity index (χ3v) is 3.29. The van der Waals surface area contributed by atoms with Crippen LogP contribution in [0.4, 0.5) is 13.2 Å². The van der Waals surface area contributed by atoms with E-state index in [9.17, 15) is 18.0 Å². The molecule has 0 aliphatic carbocycles. The minimum absolute atomic E-state index is 0.187. The Hall–Kier alpha value is -1.56. The molecule has 130 valence electrons. The summed E-state index contributed by atoms with van der Waals surface area (Å²) in [7, 11) is 0. The number of hydrogen-bond donors (Lipinski definition) is 0. The molecule has 0 aliphatic heterocycles. The molecular weight excluding hydrogens is 309 g/mol. The van der Waals surface area contributed by atoms with Crippen molar-refractivity contribution in [2.75, 3.05) is 6.61 Å². The Balaban J connectivity index is 2.06. The lowest BCUT2D eigenvalue weighted by atomic mass is 10.1. The number of esters is 1. The fraction of sp³-hybridized carbons (Fsp3) is 0.588. The maximum Gasteiger partial charge on any atom is 0.425 e. The first-order valence-corrected chi connectivity index (χ1v) is 7.75. The van der Waals surface area contributed by atoms with Gasteiger partial charge in [-0.05, 0) is 24.8 Å². The Labute approximate surface area is 134 Å². The smallest absolute Gasteiger partial charge is 0.425 e. The van der Waals surface area contributed by atoms with Crippen LogP contribution in [0.3, 0.4) is 0 Å². The molecule has 0 aromatic heterocycles. The molecule has 0 heterocycles. The molecule has 3 nitrogen and oxygen atoms in total. The summed E-state index contributed by atoms with van der Waals surface area (Å²) in [6.45, 7) is 2.12. The fourth-order valence-electron chi connectivity index (χ4n) is 2.14.